The van der Waals surface area contributed by atoms with Crippen LogP contribution in [0.5, 0.6) is 0 Å². The summed E-state index contributed by atoms with van der Waals surface area (Å²) in [4.78, 5) is 47.2. The molecule has 9 heteroatoms. The first-order valence-corrected chi connectivity index (χ1v) is 15.3. The number of carboxylic acids is 2. The number of esters is 1. The van der Waals surface area contributed by atoms with Crippen LogP contribution in [0.1, 0.15) is 97.8 Å². The van der Waals surface area contributed by atoms with Crippen LogP contribution in [0.4, 0.5) is 4.79 Å². The normalized spacial score (nSPS) is 20.9. The second-order valence-electron chi connectivity index (χ2n) is 11.0. The highest BCUT2D eigenvalue weighted by molar-refractivity contribution is 5.80. The van der Waals surface area contributed by atoms with Gasteiger partial charge in [0, 0.05) is 24.8 Å². The van der Waals surface area contributed by atoms with Gasteiger partial charge in [-0.15, -0.1) is 0 Å². The Morgan fingerprint density at radius 2 is 1.50 bits per heavy atom. The van der Waals surface area contributed by atoms with Crippen molar-refractivity contribution in [1.29, 1.82) is 0 Å². The van der Waals surface area contributed by atoms with Gasteiger partial charge in [-0.05, 0) is 36.3 Å². The molecule has 0 aromatic rings. The molecule has 4 atom stereocenters. The van der Waals surface area contributed by atoms with Gasteiger partial charge in [-0.25, -0.2) is 9.59 Å². The lowest BCUT2D eigenvalue weighted by atomic mass is 9.65. The van der Waals surface area contributed by atoms with Gasteiger partial charge in [-0.1, -0.05) is 102 Å². The molecule has 0 fully saturated rings. The number of carboxylic acid groups (broad SMARTS) is 3. The van der Waals surface area contributed by atoms with E-state index in [-0.39, 0.29) is 19.1 Å². The average molecular weight is 591 g/mol. The summed E-state index contributed by atoms with van der Waals surface area (Å²) in [6.07, 6.45) is 20.1. The Morgan fingerprint density at radius 3 is 2.07 bits per heavy atom. The van der Waals surface area contributed by atoms with E-state index < -0.39 is 41.8 Å². The van der Waals surface area contributed by atoms with E-state index in [4.69, 9.17) is 14.6 Å². The third-order valence-corrected chi connectivity index (χ3v) is 7.54. The van der Waals surface area contributed by atoms with Gasteiger partial charge in [0.15, 0.2) is 0 Å². The Bertz CT molecular complexity index is 976. The Kier molecular flexibility index (Phi) is 18.6. The molecule has 0 radical (unpaired) electrons. The second-order valence-corrected chi connectivity index (χ2v) is 11.0. The summed E-state index contributed by atoms with van der Waals surface area (Å²) in [5.41, 5.74) is 1.12. The maximum atomic E-state index is 12.8. The van der Waals surface area contributed by atoms with Crippen molar-refractivity contribution >= 4 is 24.1 Å². The molecule has 0 heterocycles. The van der Waals surface area contributed by atoms with Crippen LogP contribution < -0.4 is 0 Å². The van der Waals surface area contributed by atoms with Gasteiger partial charge >= 0.3 is 24.1 Å². The van der Waals surface area contributed by atoms with Crippen molar-refractivity contribution in [2.45, 2.75) is 97.8 Å². The average Bonchev–Trinajstić information content (AvgIpc) is 2.92. The summed E-state index contributed by atoms with van der Waals surface area (Å²) >= 11 is 0. The van der Waals surface area contributed by atoms with Crippen LogP contribution in [0.2, 0.25) is 0 Å². The van der Waals surface area contributed by atoms with Gasteiger partial charge < -0.3 is 24.8 Å². The summed E-state index contributed by atoms with van der Waals surface area (Å²) in [6, 6.07) is 0. The van der Waals surface area contributed by atoms with Crippen LogP contribution in [0, 0.1) is 23.7 Å². The highest BCUT2D eigenvalue weighted by Gasteiger charge is 2.42. The predicted molar refractivity (Wildman–Crippen MR) is 161 cm³/mol. The van der Waals surface area contributed by atoms with Gasteiger partial charge in [0.2, 0.25) is 0 Å². The number of carbonyl (C=O) groups is 4. The third-order valence-electron chi connectivity index (χ3n) is 7.54. The number of hydrogen-bond acceptors (Lipinski definition) is 6. The summed E-state index contributed by atoms with van der Waals surface area (Å²) in [6.45, 7) is 5.19. The van der Waals surface area contributed by atoms with E-state index in [0.29, 0.717) is 17.6 Å². The molecule has 0 saturated heterocycles. The van der Waals surface area contributed by atoms with Crippen molar-refractivity contribution in [2.24, 2.45) is 23.7 Å². The fourth-order valence-electron chi connectivity index (χ4n) is 5.46. The van der Waals surface area contributed by atoms with Crippen LogP contribution in [-0.2, 0) is 23.9 Å². The van der Waals surface area contributed by atoms with Crippen LogP contribution >= 0.6 is 0 Å². The number of unbranched alkanes of at least 4 members (excludes halogenated alkanes) is 9. The Labute approximate surface area is 250 Å². The minimum Gasteiger partial charge on any atom is -0.481 e. The lowest BCUT2D eigenvalue weighted by Gasteiger charge is -2.38. The molecule has 0 saturated carbocycles. The zero-order valence-corrected chi connectivity index (χ0v) is 25.5. The molecule has 0 unspecified atom stereocenters. The minimum atomic E-state index is -1.45. The van der Waals surface area contributed by atoms with Crippen LogP contribution in [0.3, 0.4) is 0 Å². The molecule has 0 aromatic heterocycles. The van der Waals surface area contributed by atoms with Crippen molar-refractivity contribution in [3.63, 3.8) is 0 Å². The molecule has 1 aliphatic carbocycles. The number of carbonyl (C=O) groups excluding carboxylic acids is 1. The first kappa shape index (κ1) is 36.7. The van der Waals surface area contributed by atoms with E-state index in [9.17, 15) is 29.4 Å². The van der Waals surface area contributed by atoms with Crippen LogP contribution in [0.25, 0.3) is 0 Å². The molecule has 236 valence electrons. The first-order valence-electron chi connectivity index (χ1n) is 15.3. The first-order chi connectivity index (χ1) is 20.1. The molecule has 0 aliphatic heterocycles. The number of ether oxygens (including phenoxy) is 2. The van der Waals surface area contributed by atoms with Crippen LogP contribution in [0.15, 0.2) is 47.6 Å². The van der Waals surface area contributed by atoms with Gasteiger partial charge in [0.05, 0.1) is 5.92 Å². The summed E-state index contributed by atoms with van der Waals surface area (Å²) < 4.78 is 10.2. The molecule has 9 nitrogen and oxygen atoms in total. The van der Waals surface area contributed by atoms with E-state index in [0.717, 1.165) is 70.3 Å². The second kappa shape index (κ2) is 21.4. The zero-order valence-electron chi connectivity index (χ0n) is 25.5. The molecule has 3 N–H and O–H groups in total. The maximum Gasteiger partial charge on any atom is 0.506 e. The van der Waals surface area contributed by atoms with E-state index in [1.165, 1.54) is 19.4 Å². The predicted octanol–water partition coefficient (Wildman–Crippen LogP) is 7.58. The largest absolute Gasteiger partial charge is 0.506 e. The number of hydrogen-bond donors (Lipinski definition) is 3. The third kappa shape index (κ3) is 15.0. The topological polar surface area (TPSA) is 147 Å². The van der Waals surface area contributed by atoms with Crippen molar-refractivity contribution in [1.82, 2.24) is 0 Å². The maximum absolute atomic E-state index is 12.8. The fourth-order valence-corrected chi connectivity index (χ4v) is 5.46. The molecule has 0 bridgehead atoms. The minimum absolute atomic E-state index is 0.0957. The lowest BCUT2D eigenvalue weighted by molar-refractivity contribution is -0.146. The van der Waals surface area contributed by atoms with Gasteiger partial charge in [-0.3, -0.25) is 9.59 Å². The Morgan fingerprint density at radius 1 is 0.857 bits per heavy atom. The fraction of sp³-hybridized carbons (Fsp3) is 0.636. The molecule has 0 aromatic carbocycles. The SMILES string of the molecule is CCCCCCC/C=C/C(=C/[C@H]1[C@H](C(=O)O)[C@H](CCCCCCC)C=C(COC(C)=O)[C@@H]1/C=C/C(=O)O)COC(=O)O. The van der Waals surface area contributed by atoms with Crippen molar-refractivity contribution in [2.75, 3.05) is 13.2 Å². The number of rotatable bonds is 21. The van der Waals surface area contributed by atoms with Gasteiger partial charge in [0.1, 0.15) is 13.2 Å². The molecule has 1 aliphatic rings. The quantitative estimate of drug-likeness (QED) is 0.0404. The lowest BCUT2D eigenvalue weighted by Crippen LogP contribution is -2.39. The summed E-state index contributed by atoms with van der Waals surface area (Å²) in [5, 5.41) is 29.0. The van der Waals surface area contributed by atoms with Crippen molar-refractivity contribution in [3.8, 4) is 0 Å². The van der Waals surface area contributed by atoms with Gasteiger partial charge in [0.25, 0.3) is 0 Å². The monoisotopic (exact) mass is 590 g/mol. The Hall–Kier alpha value is -3.36. The molecule has 0 spiro atoms. The summed E-state index contributed by atoms with van der Waals surface area (Å²) in [5.74, 6) is -5.41. The Balaban J connectivity index is 3.52. The molecule has 42 heavy (non-hydrogen) atoms. The van der Waals surface area contributed by atoms with Crippen molar-refractivity contribution < 1.29 is 44.0 Å². The van der Waals surface area contributed by atoms with E-state index >= 15 is 0 Å². The number of aliphatic carboxylic acids is 2. The molecule has 1 rings (SSSR count). The molecule has 0 amide bonds. The van der Waals surface area contributed by atoms with E-state index in [1.807, 2.05) is 12.2 Å². The van der Waals surface area contributed by atoms with Crippen LogP contribution in [-0.4, -0.2) is 52.6 Å². The molecular weight excluding hydrogens is 540 g/mol. The molecular formula is C33H50O9. The smallest absolute Gasteiger partial charge is 0.481 e. The van der Waals surface area contributed by atoms with E-state index in [2.05, 4.69) is 13.8 Å². The zero-order chi connectivity index (χ0) is 31.3. The van der Waals surface area contributed by atoms with Crippen molar-refractivity contribution in [3.05, 3.63) is 47.6 Å². The van der Waals surface area contributed by atoms with Gasteiger partial charge in [-0.2, -0.15) is 0 Å². The highest BCUT2D eigenvalue weighted by atomic mass is 16.7. The van der Waals surface area contributed by atoms with E-state index in [1.54, 1.807) is 12.2 Å². The summed E-state index contributed by atoms with van der Waals surface area (Å²) in [7, 11) is 0. The highest BCUT2D eigenvalue weighted by Crippen LogP contribution is 2.43. The number of allylic oxidation sites excluding steroid dienone is 4. The standard InChI is InChI=1S/C33H50O9/c1-4-6-8-10-11-13-14-16-25(22-42-33(39)40)20-29-28(18-19-30(35)36)27(23-41-24(3)34)21-26(31(29)32(37)38)17-15-12-9-7-5-2/h14,16,18-21,26,28-29,31H,4-13,15,17,22-23H2,1-3H3,(H,35,36)(H,37,38)(H,39,40)/b16-14+,19-18+,25-20-/t26-,28+,29-,31-/m1/s1.